The van der Waals surface area contributed by atoms with E-state index in [1.165, 1.54) is 11.3 Å². The van der Waals surface area contributed by atoms with Crippen LogP contribution in [0.25, 0.3) is 6.08 Å². The molecule has 10 heteroatoms. The predicted molar refractivity (Wildman–Crippen MR) is 171 cm³/mol. The van der Waals surface area contributed by atoms with Gasteiger partial charge in [0.15, 0.2) is 16.3 Å². The van der Waals surface area contributed by atoms with Gasteiger partial charge in [0.05, 0.1) is 47.3 Å². The van der Waals surface area contributed by atoms with Crippen LogP contribution in [0.15, 0.2) is 87.8 Å². The van der Waals surface area contributed by atoms with E-state index in [1.807, 2.05) is 56.3 Å². The molecule has 1 aliphatic rings. The van der Waals surface area contributed by atoms with Crippen molar-refractivity contribution in [1.82, 2.24) is 4.57 Å². The molecular weight excluding hydrogens is 590 g/mol. The monoisotopic (exact) mass is 623 g/mol. The van der Waals surface area contributed by atoms with Crippen LogP contribution in [-0.2, 0) is 16.1 Å². The lowest BCUT2D eigenvalue weighted by Gasteiger charge is -2.26. The number of esters is 1. The lowest BCUT2D eigenvalue weighted by atomic mass is 9.95. The van der Waals surface area contributed by atoms with Crippen LogP contribution in [0.3, 0.4) is 0 Å². The Kier molecular flexibility index (Phi) is 9.50. The molecule has 0 unspecified atom stereocenters. The SMILES string of the molecule is CCOC(=O)C1=C(C)N=c2s/c(=C\c3ccc(OCc4ccc(C#N)cc4)c(OC)c3)c(=O)n2[C@H]1c1ccccc1OC(C)C. The largest absolute Gasteiger partial charge is 0.493 e. The predicted octanol–water partition coefficient (Wildman–Crippen LogP) is 5.04. The first-order valence-electron chi connectivity index (χ1n) is 14.5. The third-order valence-electron chi connectivity index (χ3n) is 7.06. The molecule has 9 nitrogen and oxygen atoms in total. The van der Waals surface area contributed by atoms with E-state index < -0.39 is 12.0 Å². The standard InChI is InChI=1S/C35H33N3O6S/c1-6-42-34(40)31-22(4)37-35-38(32(31)26-9-7-8-10-27(26)44-21(2)3)33(39)30(45-35)18-25-15-16-28(29(17-25)41-5)43-20-24-13-11-23(19-36)12-14-24/h7-18,21,32H,6,20H2,1-5H3/b30-18-/t32-/m0/s1. The number of nitrogens with zero attached hydrogens (tertiary/aromatic N) is 3. The van der Waals surface area contributed by atoms with Crippen molar-refractivity contribution in [2.24, 2.45) is 4.99 Å². The summed E-state index contributed by atoms with van der Waals surface area (Å²) in [7, 11) is 1.55. The Morgan fingerprint density at radius 3 is 2.53 bits per heavy atom. The number of aromatic nitrogens is 1. The molecule has 0 fully saturated rings. The van der Waals surface area contributed by atoms with Gasteiger partial charge in [0.25, 0.3) is 5.56 Å². The van der Waals surface area contributed by atoms with Crippen LogP contribution in [-0.4, -0.2) is 30.4 Å². The van der Waals surface area contributed by atoms with Crippen LogP contribution in [0.2, 0.25) is 0 Å². The zero-order valence-corrected chi connectivity index (χ0v) is 26.5. The topological polar surface area (TPSA) is 112 Å². The second kappa shape index (κ2) is 13.7. The molecule has 0 radical (unpaired) electrons. The minimum Gasteiger partial charge on any atom is -0.493 e. The lowest BCUT2D eigenvalue weighted by Crippen LogP contribution is -2.40. The Bertz CT molecular complexity index is 1980. The first kappa shape index (κ1) is 31.3. The summed E-state index contributed by atoms with van der Waals surface area (Å²) in [5.74, 6) is 1.09. The van der Waals surface area contributed by atoms with Crippen LogP contribution in [0, 0.1) is 11.3 Å². The smallest absolute Gasteiger partial charge is 0.338 e. The van der Waals surface area contributed by atoms with E-state index in [1.54, 1.807) is 55.9 Å². The van der Waals surface area contributed by atoms with Crippen molar-refractivity contribution in [3.05, 3.63) is 120 Å². The molecule has 3 aromatic carbocycles. The number of ether oxygens (including phenoxy) is 4. The fourth-order valence-electron chi connectivity index (χ4n) is 5.03. The number of benzene rings is 3. The van der Waals surface area contributed by atoms with Crippen molar-refractivity contribution in [2.45, 2.75) is 46.4 Å². The molecule has 1 atom stereocenters. The summed E-state index contributed by atoms with van der Waals surface area (Å²) in [5, 5.41) is 9.02. The summed E-state index contributed by atoms with van der Waals surface area (Å²) in [6.07, 6.45) is 1.65. The summed E-state index contributed by atoms with van der Waals surface area (Å²) >= 11 is 1.24. The highest BCUT2D eigenvalue weighted by atomic mass is 32.1. The zero-order chi connectivity index (χ0) is 32.1. The molecule has 4 aromatic rings. The van der Waals surface area contributed by atoms with E-state index in [4.69, 9.17) is 24.2 Å². The molecule has 0 N–H and O–H groups in total. The summed E-state index contributed by atoms with van der Waals surface area (Å²) in [6, 6.07) is 21.3. The van der Waals surface area contributed by atoms with Gasteiger partial charge >= 0.3 is 5.97 Å². The van der Waals surface area contributed by atoms with Gasteiger partial charge in [-0.3, -0.25) is 9.36 Å². The molecule has 2 heterocycles. The Balaban J connectivity index is 1.55. The molecule has 0 bridgehead atoms. The highest BCUT2D eigenvalue weighted by Gasteiger charge is 2.35. The quantitative estimate of drug-likeness (QED) is 0.228. The highest BCUT2D eigenvalue weighted by Crippen LogP contribution is 2.36. The van der Waals surface area contributed by atoms with E-state index >= 15 is 0 Å². The van der Waals surface area contributed by atoms with Crippen molar-refractivity contribution in [1.29, 1.82) is 5.26 Å². The number of methoxy groups -OCH3 is 1. The number of fused-ring (bicyclic) bond motifs is 1. The molecule has 0 spiro atoms. The summed E-state index contributed by atoms with van der Waals surface area (Å²) in [6.45, 7) is 7.83. The molecule has 0 saturated heterocycles. The second-order valence-corrected chi connectivity index (χ2v) is 11.5. The van der Waals surface area contributed by atoms with Gasteiger partial charge < -0.3 is 18.9 Å². The van der Waals surface area contributed by atoms with Crippen molar-refractivity contribution in [3.63, 3.8) is 0 Å². The minimum atomic E-state index is -0.787. The Morgan fingerprint density at radius 1 is 1.09 bits per heavy atom. The molecule has 1 aliphatic heterocycles. The van der Waals surface area contributed by atoms with Crippen LogP contribution >= 0.6 is 11.3 Å². The third kappa shape index (κ3) is 6.69. The van der Waals surface area contributed by atoms with Gasteiger partial charge in [0.1, 0.15) is 18.4 Å². The molecular formula is C35H33N3O6S. The zero-order valence-electron chi connectivity index (χ0n) is 25.7. The van der Waals surface area contributed by atoms with Crippen molar-refractivity contribution in [3.8, 4) is 23.3 Å². The first-order valence-corrected chi connectivity index (χ1v) is 15.3. The van der Waals surface area contributed by atoms with Crippen molar-refractivity contribution in [2.75, 3.05) is 13.7 Å². The molecule has 45 heavy (non-hydrogen) atoms. The fourth-order valence-corrected chi connectivity index (χ4v) is 6.08. The maximum Gasteiger partial charge on any atom is 0.338 e. The molecule has 0 saturated carbocycles. The van der Waals surface area contributed by atoms with Gasteiger partial charge in [-0.1, -0.05) is 47.7 Å². The highest BCUT2D eigenvalue weighted by molar-refractivity contribution is 7.07. The Labute approximate surface area is 264 Å². The Hall–Kier alpha value is -5.14. The number of para-hydroxylation sites is 1. The van der Waals surface area contributed by atoms with Crippen LogP contribution in [0.1, 0.15) is 56.0 Å². The number of hydrogen-bond donors (Lipinski definition) is 0. The average molecular weight is 624 g/mol. The minimum absolute atomic E-state index is 0.121. The molecule has 5 rings (SSSR count). The molecule has 230 valence electrons. The van der Waals surface area contributed by atoms with Crippen LogP contribution in [0.4, 0.5) is 0 Å². The number of nitriles is 1. The number of allylic oxidation sites excluding steroid dienone is 1. The number of carbonyl (C=O) groups is 1. The van der Waals surface area contributed by atoms with Gasteiger partial charge in [0.2, 0.25) is 0 Å². The van der Waals surface area contributed by atoms with Gasteiger partial charge in [-0.05, 0) is 75.2 Å². The number of carbonyl (C=O) groups excluding carboxylic acids is 1. The van der Waals surface area contributed by atoms with E-state index in [-0.39, 0.29) is 18.3 Å². The Morgan fingerprint density at radius 2 is 1.84 bits per heavy atom. The van der Waals surface area contributed by atoms with E-state index in [9.17, 15) is 9.59 Å². The normalized spacial score (nSPS) is 14.4. The van der Waals surface area contributed by atoms with Gasteiger partial charge in [-0.2, -0.15) is 5.26 Å². The maximum absolute atomic E-state index is 14.1. The lowest BCUT2D eigenvalue weighted by molar-refractivity contribution is -0.139. The van der Waals surface area contributed by atoms with E-state index in [2.05, 4.69) is 11.1 Å². The first-order chi connectivity index (χ1) is 21.7. The summed E-state index contributed by atoms with van der Waals surface area (Å²) in [5.41, 5.74) is 3.37. The van der Waals surface area contributed by atoms with E-state index in [0.29, 0.717) is 55.6 Å². The number of rotatable bonds is 10. The maximum atomic E-state index is 14.1. The van der Waals surface area contributed by atoms with Crippen molar-refractivity contribution < 1.29 is 23.7 Å². The van der Waals surface area contributed by atoms with Crippen LogP contribution < -0.4 is 29.1 Å². The fraction of sp³-hybridized carbons (Fsp3) is 0.257. The molecule has 0 aliphatic carbocycles. The third-order valence-corrected chi connectivity index (χ3v) is 8.04. The summed E-state index contributed by atoms with van der Waals surface area (Å²) < 4.78 is 25.1. The average Bonchev–Trinajstić information content (AvgIpc) is 3.33. The van der Waals surface area contributed by atoms with Crippen molar-refractivity contribution >= 4 is 23.4 Å². The van der Waals surface area contributed by atoms with Gasteiger partial charge in [0, 0.05) is 5.56 Å². The number of thiazole rings is 1. The second-order valence-electron chi connectivity index (χ2n) is 10.5. The molecule has 1 aromatic heterocycles. The molecule has 0 amide bonds. The number of hydrogen-bond acceptors (Lipinski definition) is 9. The van der Waals surface area contributed by atoms with E-state index in [0.717, 1.165) is 11.1 Å². The van der Waals surface area contributed by atoms with Gasteiger partial charge in [-0.25, -0.2) is 9.79 Å². The summed E-state index contributed by atoms with van der Waals surface area (Å²) in [4.78, 5) is 32.5. The van der Waals surface area contributed by atoms with Gasteiger partial charge in [-0.15, -0.1) is 0 Å². The van der Waals surface area contributed by atoms with Crippen LogP contribution in [0.5, 0.6) is 17.2 Å².